The zero-order valence-electron chi connectivity index (χ0n) is 24.9. The van der Waals surface area contributed by atoms with Crippen molar-refractivity contribution in [3.63, 3.8) is 0 Å². The molecule has 42 heavy (non-hydrogen) atoms. The lowest BCUT2D eigenvalue weighted by Crippen LogP contribution is -2.55. The Morgan fingerprint density at radius 2 is 1.88 bits per heavy atom. The minimum absolute atomic E-state index is 0.0127. The monoisotopic (exact) mass is 599 g/mol. The summed E-state index contributed by atoms with van der Waals surface area (Å²) in [5, 5.41) is 17.9. The number of benzene rings is 2. The zero-order chi connectivity index (χ0) is 30.1. The molecule has 1 aliphatic carbocycles. The van der Waals surface area contributed by atoms with Crippen LogP contribution in [0.1, 0.15) is 67.9 Å². The molecule has 1 amide bonds. The van der Waals surface area contributed by atoms with Gasteiger partial charge in [-0.15, -0.1) is 0 Å². The van der Waals surface area contributed by atoms with E-state index in [1.54, 1.807) is 7.11 Å². The normalized spacial score (nSPS) is 26.1. The van der Waals surface area contributed by atoms with E-state index in [1.165, 1.54) is 11.4 Å². The number of carbonyl (C=O) groups excluding carboxylic acids is 1. The number of hydrogen-bond donors (Lipinski definition) is 3. The zero-order valence-corrected chi connectivity index (χ0v) is 25.7. The van der Waals surface area contributed by atoms with Crippen molar-refractivity contribution in [2.75, 3.05) is 33.1 Å². The van der Waals surface area contributed by atoms with Gasteiger partial charge in [-0.3, -0.25) is 4.79 Å². The number of β-amino-alcohol motifs (C(OH)–C–C–N with tert-alkyl or cyclic N) is 1. The molecule has 0 fully saturated rings. The van der Waals surface area contributed by atoms with Crippen molar-refractivity contribution < 1.29 is 27.8 Å². The molecule has 1 heterocycles. The molecule has 0 radical (unpaired) electrons. The molecule has 9 nitrogen and oxygen atoms in total. The third-order valence-electron chi connectivity index (χ3n) is 8.24. The Bertz CT molecular complexity index is 1300. The van der Waals surface area contributed by atoms with Crippen LogP contribution >= 0.6 is 0 Å². The van der Waals surface area contributed by atoms with E-state index in [1.807, 2.05) is 67.6 Å². The summed E-state index contributed by atoms with van der Waals surface area (Å²) in [5.41, 5.74) is 3.11. The summed E-state index contributed by atoms with van der Waals surface area (Å²) in [6.45, 7) is 2.56. The molecule has 2 aromatic carbocycles. The molecule has 5 atom stereocenters. The molecule has 3 N–H and O–H groups in total. The van der Waals surface area contributed by atoms with Gasteiger partial charge in [-0.1, -0.05) is 68.3 Å². The number of hydrogen-bond acceptors (Lipinski definition) is 7. The molecule has 0 aromatic heterocycles. The van der Waals surface area contributed by atoms with Crippen LogP contribution in [0, 0.1) is 0 Å². The van der Waals surface area contributed by atoms with Crippen molar-refractivity contribution in [1.82, 2.24) is 14.9 Å². The summed E-state index contributed by atoms with van der Waals surface area (Å²) in [6.07, 6.45) is 6.10. The molecule has 2 aliphatic rings. The van der Waals surface area contributed by atoms with E-state index in [9.17, 15) is 18.3 Å². The van der Waals surface area contributed by atoms with Gasteiger partial charge in [0, 0.05) is 19.6 Å². The van der Waals surface area contributed by atoms with Crippen LogP contribution in [-0.2, 0) is 26.0 Å². The van der Waals surface area contributed by atoms with Gasteiger partial charge in [0.05, 0.1) is 37.7 Å². The lowest BCUT2D eigenvalue weighted by Gasteiger charge is -2.31. The van der Waals surface area contributed by atoms with Crippen molar-refractivity contribution in [3.05, 3.63) is 77.4 Å². The van der Waals surface area contributed by atoms with E-state index in [4.69, 9.17) is 9.47 Å². The van der Waals surface area contributed by atoms with Crippen LogP contribution in [0.25, 0.3) is 0 Å². The fourth-order valence-corrected chi connectivity index (χ4v) is 7.11. The Hall–Kier alpha value is -2.76. The van der Waals surface area contributed by atoms with Gasteiger partial charge in [0.2, 0.25) is 15.9 Å². The number of rotatable bonds is 9. The smallest absolute Gasteiger partial charge is 0.239 e. The molecule has 0 spiro atoms. The maximum Gasteiger partial charge on any atom is 0.239 e. The Labute approximate surface area is 250 Å². The first-order valence-electron chi connectivity index (χ1n) is 14.9. The van der Waals surface area contributed by atoms with E-state index >= 15 is 0 Å². The van der Waals surface area contributed by atoms with Crippen LogP contribution in [0.4, 0.5) is 0 Å². The van der Waals surface area contributed by atoms with Crippen molar-refractivity contribution in [2.24, 2.45) is 0 Å². The Morgan fingerprint density at radius 3 is 2.62 bits per heavy atom. The molecule has 0 saturated carbocycles. The Morgan fingerprint density at radius 1 is 1.10 bits per heavy atom. The number of fused-ring (bicyclic) bond motifs is 5. The highest BCUT2D eigenvalue weighted by molar-refractivity contribution is 7.89. The number of nitrogens with zero attached hydrogens (tertiary/aromatic N) is 1. The number of sulfonamides is 1. The molecule has 0 saturated heterocycles. The third-order valence-corrected chi connectivity index (χ3v) is 10.2. The molecule has 2 bridgehead atoms. The molecule has 230 valence electrons. The van der Waals surface area contributed by atoms with Gasteiger partial charge in [0.15, 0.2) is 0 Å². The predicted molar refractivity (Wildman–Crippen MR) is 164 cm³/mol. The minimum atomic E-state index is -3.66. The summed E-state index contributed by atoms with van der Waals surface area (Å²) in [7, 11) is -0.556. The second-order valence-electron chi connectivity index (χ2n) is 11.1. The number of ether oxygens (including phenoxy) is 2. The average Bonchev–Trinajstić information content (AvgIpc) is 3.33. The van der Waals surface area contributed by atoms with Crippen LogP contribution in [0.5, 0.6) is 5.75 Å². The highest BCUT2D eigenvalue weighted by Gasteiger charge is 2.35. The van der Waals surface area contributed by atoms with Gasteiger partial charge >= 0.3 is 0 Å². The van der Waals surface area contributed by atoms with E-state index in [0.29, 0.717) is 25.9 Å². The van der Waals surface area contributed by atoms with Gasteiger partial charge in [-0.05, 0) is 54.5 Å². The average molecular weight is 600 g/mol. The number of unbranched alkanes of at least 4 members (excludes halogenated alkanes) is 2. The van der Waals surface area contributed by atoms with Crippen LogP contribution < -0.4 is 15.4 Å². The van der Waals surface area contributed by atoms with Gasteiger partial charge in [-0.25, -0.2) is 8.42 Å². The van der Waals surface area contributed by atoms with Crippen LogP contribution in [0.15, 0.2) is 60.7 Å². The maximum atomic E-state index is 13.8. The lowest BCUT2D eigenvalue weighted by atomic mass is 9.99. The van der Waals surface area contributed by atoms with Crippen molar-refractivity contribution in [1.29, 1.82) is 0 Å². The van der Waals surface area contributed by atoms with E-state index in [0.717, 1.165) is 35.3 Å². The first kappa shape index (κ1) is 32.2. The van der Waals surface area contributed by atoms with Crippen molar-refractivity contribution in [2.45, 2.75) is 75.8 Å². The van der Waals surface area contributed by atoms with E-state index < -0.39 is 34.1 Å². The van der Waals surface area contributed by atoms with E-state index in [2.05, 4.69) is 10.6 Å². The second-order valence-corrected chi connectivity index (χ2v) is 13.3. The SMILES string of the molecule is CCCCCS(=O)(=O)N(C)[C@H]1C/C=C\CO[C@@H]2C[C@H](NC[C@@H](O)[C@H](Cc3ccccc3)NC1=O)c1cc(OC)ccc12. The first-order chi connectivity index (χ1) is 20.2. The third kappa shape index (κ3) is 8.20. The quantitative estimate of drug-likeness (QED) is 0.298. The van der Waals surface area contributed by atoms with Crippen LogP contribution in [0.2, 0.25) is 0 Å². The molecular formula is C32H45N3O6S. The topological polar surface area (TPSA) is 117 Å². The van der Waals surface area contributed by atoms with E-state index in [-0.39, 0.29) is 30.9 Å². The standard InChI is InChI=1S/C32H45N3O6S/c1-4-5-11-18-42(38,39)35(2)29-14-9-10-17-41-31-21-27(26-20-24(40-3)15-16-25(26)31)33-22-30(36)28(34-32(29)37)19-23-12-7-6-8-13-23/h6-10,12-13,15-16,20,27-31,33,36H,4-5,11,14,17-19,21-22H2,1-3H3,(H,34,37)/b10-9-/t27-,28-,29-,30+,31+/m0/s1. The molecule has 4 rings (SSSR count). The number of aliphatic hydroxyl groups excluding tert-OH is 1. The summed E-state index contributed by atoms with van der Waals surface area (Å²) in [4.78, 5) is 13.8. The summed E-state index contributed by atoms with van der Waals surface area (Å²) in [6, 6.07) is 14.0. The summed E-state index contributed by atoms with van der Waals surface area (Å²) < 4.78 is 39.3. The molecular weight excluding hydrogens is 554 g/mol. The van der Waals surface area contributed by atoms with Crippen molar-refractivity contribution in [3.8, 4) is 5.75 Å². The number of carbonyl (C=O) groups is 1. The molecule has 1 aliphatic heterocycles. The predicted octanol–water partition coefficient (Wildman–Crippen LogP) is 3.66. The Balaban J connectivity index is 1.63. The molecule has 2 aromatic rings. The second kappa shape index (κ2) is 15.1. The number of aliphatic hydroxyl groups is 1. The van der Waals surface area contributed by atoms with Gasteiger partial charge in [0.1, 0.15) is 11.8 Å². The first-order valence-corrected chi connectivity index (χ1v) is 16.5. The largest absolute Gasteiger partial charge is 0.497 e. The fraction of sp³-hybridized carbons (Fsp3) is 0.531. The van der Waals surface area contributed by atoms with Gasteiger partial charge < -0.3 is 25.2 Å². The fourth-order valence-electron chi connectivity index (χ4n) is 5.69. The van der Waals surface area contributed by atoms with Crippen LogP contribution in [0.3, 0.4) is 0 Å². The minimum Gasteiger partial charge on any atom is -0.497 e. The van der Waals surface area contributed by atoms with Crippen LogP contribution in [-0.4, -0.2) is 75.0 Å². The van der Waals surface area contributed by atoms with Gasteiger partial charge in [-0.2, -0.15) is 4.31 Å². The molecule has 10 heteroatoms. The summed E-state index contributed by atoms with van der Waals surface area (Å²) in [5.74, 6) is 0.306. The number of likely N-dealkylation sites (N-methyl/N-ethyl adjacent to an activating group) is 1. The number of methoxy groups -OCH3 is 1. The highest BCUT2D eigenvalue weighted by atomic mass is 32.2. The maximum absolute atomic E-state index is 13.8. The molecule has 0 unspecified atom stereocenters. The number of nitrogens with one attached hydrogen (secondary N) is 2. The highest BCUT2D eigenvalue weighted by Crippen LogP contribution is 2.42. The van der Waals surface area contributed by atoms with Gasteiger partial charge in [0.25, 0.3) is 0 Å². The summed E-state index contributed by atoms with van der Waals surface area (Å²) >= 11 is 0. The number of amides is 1. The van der Waals surface area contributed by atoms with Crippen molar-refractivity contribution >= 4 is 15.9 Å². The Kier molecular flexibility index (Phi) is 11.6. The lowest BCUT2D eigenvalue weighted by molar-refractivity contribution is -0.126.